The van der Waals surface area contributed by atoms with E-state index >= 15 is 0 Å². The third-order valence-electron chi connectivity index (χ3n) is 4.41. The molecule has 7 nitrogen and oxygen atoms in total. The Morgan fingerprint density at radius 1 is 1.04 bits per heavy atom. The number of carbonyl (C=O) groups is 1. The zero-order valence-corrected chi connectivity index (χ0v) is 15.4. The Balaban J connectivity index is 1.38. The number of carbonyl (C=O) groups excluding carboxylic acids is 1. The summed E-state index contributed by atoms with van der Waals surface area (Å²) < 4.78 is 11.0. The molecule has 0 saturated heterocycles. The maximum absolute atomic E-state index is 12.4. The summed E-state index contributed by atoms with van der Waals surface area (Å²) in [5, 5.41) is 5.99. The predicted molar refractivity (Wildman–Crippen MR) is 106 cm³/mol. The molecule has 3 aromatic rings. The van der Waals surface area contributed by atoms with Gasteiger partial charge in [-0.25, -0.2) is 9.97 Å². The average Bonchev–Trinajstić information content (AvgIpc) is 2.73. The van der Waals surface area contributed by atoms with Crippen LogP contribution in [0.3, 0.4) is 0 Å². The summed E-state index contributed by atoms with van der Waals surface area (Å²) in [6, 6.07) is 13.4. The molecular weight excluding hydrogens is 356 g/mol. The van der Waals surface area contributed by atoms with E-state index in [0.29, 0.717) is 48.5 Å². The molecule has 1 aromatic heterocycles. The second-order valence-electron chi connectivity index (χ2n) is 6.39. The summed E-state index contributed by atoms with van der Waals surface area (Å²) in [6.45, 7) is 3.70. The van der Waals surface area contributed by atoms with Crippen LogP contribution in [0.2, 0.25) is 0 Å². The van der Waals surface area contributed by atoms with Crippen molar-refractivity contribution in [3.8, 4) is 11.5 Å². The molecule has 1 aliphatic heterocycles. The highest BCUT2D eigenvalue weighted by atomic mass is 16.6. The van der Waals surface area contributed by atoms with E-state index in [2.05, 4.69) is 39.7 Å². The number of ether oxygens (including phenoxy) is 2. The molecule has 0 radical (unpaired) electrons. The Hall–Kier alpha value is -3.61. The lowest BCUT2D eigenvalue weighted by Gasteiger charge is -2.19. The molecule has 2 heterocycles. The highest BCUT2D eigenvalue weighted by Gasteiger charge is 2.14. The van der Waals surface area contributed by atoms with Crippen molar-refractivity contribution in [2.24, 2.45) is 0 Å². The fourth-order valence-electron chi connectivity index (χ4n) is 2.84. The fraction of sp³-hybridized carbons (Fsp3) is 0.190. The SMILES string of the molecule is Cc1ccccc1CNc1ncc(C(=O)Nc2ccc3c(c2)OCCO3)cn1. The van der Waals surface area contributed by atoms with Crippen molar-refractivity contribution in [3.63, 3.8) is 0 Å². The van der Waals surface area contributed by atoms with Gasteiger partial charge < -0.3 is 20.1 Å². The second kappa shape index (κ2) is 7.96. The number of hydrogen-bond donors (Lipinski definition) is 2. The first-order chi connectivity index (χ1) is 13.7. The molecule has 0 atom stereocenters. The van der Waals surface area contributed by atoms with E-state index in [4.69, 9.17) is 9.47 Å². The number of rotatable bonds is 5. The van der Waals surface area contributed by atoms with Gasteiger partial charge in [-0.15, -0.1) is 0 Å². The molecule has 28 heavy (non-hydrogen) atoms. The van der Waals surface area contributed by atoms with E-state index in [1.165, 1.54) is 23.5 Å². The van der Waals surface area contributed by atoms with E-state index in [9.17, 15) is 4.79 Å². The Bertz CT molecular complexity index is 989. The number of benzene rings is 2. The average molecular weight is 376 g/mol. The highest BCUT2D eigenvalue weighted by Crippen LogP contribution is 2.32. The van der Waals surface area contributed by atoms with Crippen LogP contribution in [0, 0.1) is 6.92 Å². The third-order valence-corrected chi connectivity index (χ3v) is 4.41. The fourth-order valence-corrected chi connectivity index (χ4v) is 2.84. The van der Waals surface area contributed by atoms with Gasteiger partial charge in [0.2, 0.25) is 5.95 Å². The molecule has 1 amide bonds. The number of amides is 1. The van der Waals surface area contributed by atoms with Gasteiger partial charge in [0.1, 0.15) is 13.2 Å². The zero-order valence-electron chi connectivity index (χ0n) is 15.4. The van der Waals surface area contributed by atoms with Gasteiger partial charge in [-0.1, -0.05) is 24.3 Å². The lowest BCUT2D eigenvalue weighted by molar-refractivity contribution is 0.102. The molecule has 4 rings (SSSR count). The molecular formula is C21H20N4O3. The summed E-state index contributed by atoms with van der Waals surface area (Å²) in [4.78, 5) is 20.9. The minimum absolute atomic E-state index is 0.290. The molecule has 0 saturated carbocycles. The lowest BCUT2D eigenvalue weighted by atomic mass is 10.1. The monoisotopic (exact) mass is 376 g/mol. The molecule has 0 unspecified atom stereocenters. The maximum atomic E-state index is 12.4. The molecule has 7 heteroatoms. The number of nitrogens with one attached hydrogen (secondary N) is 2. The number of fused-ring (bicyclic) bond motifs is 1. The van der Waals surface area contributed by atoms with Crippen LogP contribution in [-0.4, -0.2) is 29.1 Å². The summed E-state index contributed by atoms with van der Waals surface area (Å²) >= 11 is 0. The van der Waals surface area contributed by atoms with Crippen LogP contribution in [0.4, 0.5) is 11.6 Å². The molecule has 2 aromatic carbocycles. The van der Waals surface area contributed by atoms with Gasteiger partial charge in [-0.2, -0.15) is 0 Å². The summed E-state index contributed by atoms with van der Waals surface area (Å²) in [7, 11) is 0. The lowest BCUT2D eigenvalue weighted by Crippen LogP contribution is -2.16. The molecule has 1 aliphatic rings. The van der Waals surface area contributed by atoms with Crippen LogP contribution in [0.5, 0.6) is 11.5 Å². The van der Waals surface area contributed by atoms with Crippen LogP contribution in [-0.2, 0) is 6.54 Å². The molecule has 0 spiro atoms. The topological polar surface area (TPSA) is 85.4 Å². The Morgan fingerprint density at radius 3 is 2.57 bits per heavy atom. The van der Waals surface area contributed by atoms with Gasteiger partial charge >= 0.3 is 0 Å². The molecule has 2 N–H and O–H groups in total. The predicted octanol–water partition coefficient (Wildman–Crippen LogP) is 3.42. The minimum atomic E-state index is -0.290. The summed E-state index contributed by atoms with van der Waals surface area (Å²) in [6.07, 6.45) is 3.00. The van der Waals surface area contributed by atoms with Crippen molar-refractivity contribution in [3.05, 3.63) is 71.5 Å². The first-order valence-corrected chi connectivity index (χ1v) is 9.00. The van der Waals surface area contributed by atoms with Crippen LogP contribution >= 0.6 is 0 Å². The standard InChI is InChI=1S/C21H20N4O3/c1-14-4-2-3-5-15(14)11-22-21-23-12-16(13-24-21)20(26)25-17-6-7-18-19(10-17)28-9-8-27-18/h2-7,10,12-13H,8-9,11H2,1H3,(H,25,26)(H,22,23,24). The quantitative estimate of drug-likeness (QED) is 0.710. The van der Waals surface area contributed by atoms with Crippen LogP contribution in [0.25, 0.3) is 0 Å². The first kappa shape index (κ1) is 17.8. The van der Waals surface area contributed by atoms with E-state index in [1.807, 2.05) is 12.1 Å². The normalized spacial score (nSPS) is 12.3. The van der Waals surface area contributed by atoms with Crippen LogP contribution in [0.1, 0.15) is 21.5 Å². The van der Waals surface area contributed by atoms with E-state index < -0.39 is 0 Å². The van der Waals surface area contributed by atoms with E-state index in [1.54, 1.807) is 18.2 Å². The van der Waals surface area contributed by atoms with E-state index in [0.717, 1.165) is 0 Å². The molecule has 0 fully saturated rings. The van der Waals surface area contributed by atoms with E-state index in [-0.39, 0.29) is 5.91 Å². The number of hydrogen-bond acceptors (Lipinski definition) is 6. The van der Waals surface area contributed by atoms with Gasteiger partial charge in [-0.05, 0) is 30.2 Å². The number of aryl methyl sites for hydroxylation is 1. The van der Waals surface area contributed by atoms with Gasteiger partial charge in [0.05, 0.1) is 5.56 Å². The van der Waals surface area contributed by atoms with Crippen LogP contribution < -0.4 is 20.1 Å². The van der Waals surface area contributed by atoms with Gasteiger partial charge in [0.25, 0.3) is 5.91 Å². The summed E-state index contributed by atoms with van der Waals surface area (Å²) in [5.74, 6) is 1.48. The van der Waals surface area contributed by atoms with Crippen molar-refractivity contribution >= 4 is 17.5 Å². The summed E-state index contributed by atoms with van der Waals surface area (Å²) in [5.41, 5.74) is 3.37. The smallest absolute Gasteiger partial charge is 0.258 e. The third kappa shape index (κ3) is 4.03. The van der Waals surface area contributed by atoms with Crippen molar-refractivity contribution in [1.82, 2.24) is 9.97 Å². The maximum Gasteiger partial charge on any atom is 0.258 e. The second-order valence-corrected chi connectivity index (χ2v) is 6.39. The van der Waals surface area contributed by atoms with Gasteiger partial charge in [-0.3, -0.25) is 4.79 Å². The number of aromatic nitrogens is 2. The molecule has 142 valence electrons. The van der Waals surface area contributed by atoms with Crippen molar-refractivity contribution < 1.29 is 14.3 Å². The number of anilines is 2. The highest BCUT2D eigenvalue weighted by molar-refractivity contribution is 6.04. The van der Waals surface area contributed by atoms with Crippen molar-refractivity contribution in [2.45, 2.75) is 13.5 Å². The zero-order chi connectivity index (χ0) is 19.3. The minimum Gasteiger partial charge on any atom is -0.486 e. The van der Waals surface area contributed by atoms with Gasteiger partial charge in [0.15, 0.2) is 11.5 Å². The number of nitrogens with zero attached hydrogens (tertiary/aromatic N) is 2. The van der Waals surface area contributed by atoms with Crippen molar-refractivity contribution in [2.75, 3.05) is 23.8 Å². The molecule has 0 bridgehead atoms. The Labute approximate surface area is 162 Å². The first-order valence-electron chi connectivity index (χ1n) is 9.00. The largest absolute Gasteiger partial charge is 0.486 e. The Kier molecular flexibility index (Phi) is 5.05. The van der Waals surface area contributed by atoms with Crippen LogP contribution in [0.15, 0.2) is 54.9 Å². The Morgan fingerprint density at radius 2 is 1.79 bits per heavy atom. The molecule has 0 aliphatic carbocycles. The van der Waals surface area contributed by atoms with Gasteiger partial charge in [0, 0.05) is 30.7 Å². The van der Waals surface area contributed by atoms with Crippen molar-refractivity contribution in [1.29, 1.82) is 0 Å².